The van der Waals surface area contributed by atoms with E-state index in [0.717, 1.165) is 4.31 Å². The first-order valence-corrected chi connectivity index (χ1v) is 17.2. The quantitative estimate of drug-likeness (QED) is 0.276. The molecule has 0 radical (unpaired) electrons. The van der Waals surface area contributed by atoms with Crippen molar-refractivity contribution in [1.82, 2.24) is 19.5 Å². The number of nitrogens with one attached hydrogen (secondary N) is 2. The summed E-state index contributed by atoms with van der Waals surface area (Å²) in [4.78, 5) is 44.0. The smallest absolute Gasteiger partial charge is 0.326 e. The number of hydrogen-bond donors (Lipinski definition) is 3. The van der Waals surface area contributed by atoms with Crippen LogP contribution in [0.3, 0.4) is 0 Å². The number of carbonyl (C=O) groups excluding carboxylic acids is 2. The van der Waals surface area contributed by atoms with E-state index in [1.54, 1.807) is 17.0 Å². The molecule has 3 heterocycles. The van der Waals surface area contributed by atoms with E-state index < -0.39 is 64.7 Å². The van der Waals surface area contributed by atoms with Crippen molar-refractivity contribution in [3.05, 3.63) is 87.7 Å². The van der Waals surface area contributed by atoms with Gasteiger partial charge in [-0.1, -0.05) is 41.4 Å². The van der Waals surface area contributed by atoms with E-state index in [9.17, 15) is 42.0 Å². The van der Waals surface area contributed by atoms with Crippen molar-refractivity contribution in [2.24, 2.45) is 0 Å². The molecule has 1 aromatic heterocycles. The molecule has 2 amide bonds. The van der Waals surface area contributed by atoms with Crippen molar-refractivity contribution in [2.75, 3.05) is 25.0 Å². The number of nitriles is 1. The lowest BCUT2D eigenvalue weighted by Gasteiger charge is -2.35. The highest BCUT2D eigenvalue weighted by Gasteiger charge is 2.48. The fourth-order valence-corrected chi connectivity index (χ4v) is 8.10. The van der Waals surface area contributed by atoms with Crippen molar-refractivity contribution in [1.29, 1.82) is 5.26 Å². The highest BCUT2D eigenvalue weighted by Crippen LogP contribution is 2.34. The third kappa shape index (κ3) is 8.34. The first kappa shape index (κ1) is 36.1. The number of piperidine rings is 1. The van der Waals surface area contributed by atoms with E-state index in [4.69, 9.17) is 23.2 Å². The topological polar surface area (TPSA) is 173 Å². The second-order valence-electron chi connectivity index (χ2n) is 11.7. The standard InChI is InChI=1S/C32H30Cl2F2N6O6S/c33-24-16-38-17-25(34)28(24)30(44)39-21-6-4-19(5-7-21)13-26(31(45)46)40-29(43)27-14-22(41-10-8-32(35,36)9-11-41)18-42(27)49(47,48)23-3-1-2-20(12-23)15-37/h1-7,12,16-17,22,26-27H,8-11,13-14,18H2,(H,39,44)(H,40,43)(H,45,46)/t22-,26+,27+/m1/s1. The van der Waals surface area contributed by atoms with Crippen LogP contribution in [0.15, 0.2) is 65.8 Å². The molecule has 258 valence electrons. The maximum absolute atomic E-state index is 13.9. The van der Waals surface area contributed by atoms with Gasteiger partial charge in [0.1, 0.15) is 12.1 Å². The molecule has 2 fully saturated rings. The number of aromatic nitrogens is 1. The number of alkyl halides is 2. The van der Waals surface area contributed by atoms with E-state index in [0.29, 0.717) is 11.3 Å². The molecule has 2 saturated heterocycles. The lowest BCUT2D eigenvalue weighted by molar-refractivity contribution is -0.142. The largest absolute Gasteiger partial charge is 0.480 e. The van der Waals surface area contributed by atoms with Crippen LogP contribution >= 0.6 is 23.2 Å². The molecule has 12 nitrogen and oxygen atoms in total. The molecule has 2 aliphatic rings. The van der Waals surface area contributed by atoms with Gasteiger partial charge in [0.2, 0.25) is 15.9 Å². The Labute approximate surface area is 290 Å². The molecule has 2 aliphatic heterocycles. The monoisotopic (exact) mass is 734 g/mol. The Morgan fingerprint density at radius 1 is 1.08 bits per heavy atom. The van der Waals surface area contributed by atoms with E-state index in [1.165, 1.54) is 48.8 Å². The summed E-state index contributed by atoms with van der Waals surface area (Å²) in [6.07, 6.45) is 1.48. The average molecular weight is 736 g/mol. The molecule has 0 unspecified atom stereocenters. The molecule has 3 atom stereocenters. The summed E-state index contributed by atoms with van der Waals surface area (Å²) in [5.41, 5.74) is 0.930. The number of rotatable bonds is 10. The normalized spacial score (nSPS) is 20.2. The summed E-state index contributed by atoms with van der Waals surface area (Å²) < 4.78 is 56.4. The Bertz CT molecular complexity index is 1880. The van der Waals surface area contributed by atoms with Gasteiger partial charge in [0.15, 0.2) is 0 Å². The predicted molar refractivity (Wildman–Crippen MR) is 175 cm³/mol. The highest BCUT2D eigenvalue weighted by molar-refractivity contribution is 7.89. The van der Waals surface area contributed by atoms with Crippen molar-refractivity contribution in [3.63, 3.8) is 0 Å². The third-order valence-corrected chi connectivity index (χ3v) is 10.9. The molecule has 0 saturated carbocycles. The molecule has 0 spiro atoms. The number of anilines is 1. The SMILES string of the molecule is N#Cc1cccc(S(=O)(=O)N2C[C@H](N3CCC(F)(F)CC3)C[C@H]2C(=O)N[C@@H](Cc2ccc(NC(=O)c3c(Cl)cncc3Cl)cc2)C(=O)O)c1. The molecule has 49 heavy (non-hydrogen) atoms. The third-order valence-electron chi connectivity index (χ3n) is 8.50. The zero-order chi connectivity index (χ0) is 35.5. The number of carbonyl (C=O) groups is 3. The molecular weight excluding hydrogens is 705 g/mol. The molecule has 3 aromatic rings. The predicted octanol–water partition coefficient (Wildman–Crippen LogP) is 4.19. The Morgan fingerprint density at radius 3 is 2.35 bits per heavy atom. The Morgan fingerprint density at radius 2 is 1.73 bits per heavy atom. The number of likely N-dealkylation sites (tertiary alicyclic amines) is 1. The summed E-state index contributed by atoms with van der Waals surface area (Å²) in [6, 6.07) is 9.87. The van der Waals surface area contributed by atoms with Gasteiger partial charge in [-0.05, 0) is 42.3 Å². The number of pyridine rings is 1. The van der Waals surface area contributed by atoms with Crippen LogP contribution in [0.1, 0.15) is 40.7 Å². The van der Waals surface area contributed by atoms with Gasteiger partial charge in [0.05, 0.1) is 32.1 Å². The summed E-state index contributed by atoms with van der Waals surface area (Å²) in [5, 5.41) is 24.5. The van der Waals surface area contributed by atoms with Crippen LogP contribution in [0.25, 0.3) is 0 Å². The maximum Gasteiger partial charge on any atom is 0.326 e. The Kier molecular flexibility index (Phi) is 10.9. The minimum Gasteiger partial charge on any atom is -0.480 e. The number of amides is 2. The fourth-order valence-electron chi connectivity index (χ4n) is 5.88. The Balaban J connectivity index is 1.32. The van der Waals surface area contributed by atoms with Gasteiger partial charge in [-0.2, -0.15) is 9.57 Å². The van der Waals surface area contributed by atoms with Crippen LogP contribution in [0.2, 0.25) is 10.0 Å². The molecule has 0 aliphatic carbocycles. The highest BCUT2D eigenvalue weighted by atomic mass is 35.5. The van der Waals surface area contributed by atoms with Crippen LogP contribution in [-0.2, 0) is 26.0 Å². The number of benzene rings is 2. The average Bonchev–Trinajstić information content (AvgIpc) is 3.52. The number of halogens is 4. The van der Waals surface area contributed by atoms with Gasteiger partial charge >= 0.3 is 5.97 Å². The van der Waals surface area contributed by atoms with Gasteiger partial charge in [-0.15, -0.1) is 0 Å². The van der Waals surface area contributed by atoms with Crippen LogP contribution in [0.5, 0.6) is 0 Å². The van der Waals surface area contributed by atoms with Crippen molar-refractivity contribution >= 4 is 56.7 Å². The fraction of sp³-hybridized carbons (Fsp3) is 0.344. The molecule has 17 heteroatoms. The second kappa shape index (κ2) is 14.7. The number of sulfonamides is 1. The van der Waals surface area contributed by atoms with Crippen molar-refractivity contribution in [2.45, 2.75) is 54.6 Å². The van der Waals surface area contributed by atoms with E-state index >= 15 is 0 Å². The van der Waals surface area contributed by atoms with Crippen LogP contribution in [0, 0.1) is 11.3 Å². The van der Waals surface area contributed by atoms with Crippen LogP contribution < -0.4 is 10.6 Å². The second-order valence-corrected chi connectivity index (χ2v) is 14.4. The number of aliphatic carboxylic acids is 1. The van der Waals surface area contributed by atoms with Gasteiger partial charge in [0, 0.05) is 63.0 Å². The van der Waals surface area contributed by atoms with Crippen LogP contribution in [0.4, 0.5) is 14.5 Å². The zero-order valence-corrected chi connectivity index (χ0v) is 28.0. The van der Waals surface area contributed by atoms with Crippen molar-refractivity contribution in [3.8, 4) is 6.07 Å². The first-order chi connectivity index (χ1) is 23.2. The number of nitrogens with zero attached hydrogens (tertiary/aromatic N) is 4. The number of carboxylic acids is 1. The minimum atomic E-state index is -4.37. The lowest BCUT2D eigenvalue weighted by atomic mass is 10.0. The van der Waals surface area contributed by atoms with E-state index in [-0.39, 0.29) is 58.5 Å². The van der Waals surface area contributed by atoms with Crippen molar-refractivity contribution < 1.29 is 36.7 Å². The number of hydrogen-bond acceptors (Lipinski definition) is 8. The summed E-state index contributed by atoms with van der Waals surface area (Å²) in [6.45, 7) is -0.190. The van der Waals surface area contributed by atoms with E-state index in [1.807, 2.05) is 6.07 Å². The summed E-state index contributed by atoms with van der Waals surface area (Å²) in [7, 11) is -4.37. The number of carboxylic acid groups (broad SMARTS) is 1. The zero-order valence-electron chi connectivity index (χ0n) is 25.7. The summed E-state index contributed by atoms with van der Waals surface area (Å²) >= 11 is 12.1. The minimum absolute atomic E-state index is 0.000641. The van der Waals surface area contributed by atoms with Gasteiger partial charge < -0.3 is 15.7 Å². The van der Waals surface area contributed by atoms with Crippen LogP contribution in [-0.4, -0.2) is 89.2 Å². The van der Waals surface area contributed by atoms with Gasteiger partial charge in [-0.25, -0.2) is 22.0 Å². The first-order valence-electron chi connectivity index (χ1n) is 15.0. The Hall–Kier alpha value is -4.20. The molecule has 5 rings (SSSR count). The lowest BCUT2D eigenvalue weighted by Crippen LogP contribution is -2.51. The van der Waals surface area contributed by atoms with E-state index in [2.05, 4.69) is 15.6 Å². The molecular formula is C32H30Cl2F2N6O6S. The van der Waals surface area contributed by atoms with Gasteiger partial charge in [0.25, 0.3) is 11.8 Å². The maximum atomic E-state index is 13.9. The van der Waals surface area contributed by atoms with Gasteiger partial charge in [-0.3, -0.25) is 19.5 Å². The molecule has 3 N–H and O–H groups in total. The molecule has 2 aromatic carbocycles. The summed E-state index contributed by atoms with van der Waals surface area (Å²) in [5.74, 6) is -5.67. The molecule has 0 bridgehead atoms.